The lowest BCUT2D eigenvalue weighted by Gasteiger charge is -2.23. The Kier molecular flexibility index (Phi) is 4.20. The average molecular weight is 298 g/mol. The van der Waals surface area contributed by atoms with E-state index in [-0.39, 0.29) is 17.8 Å². The molecule has 3 rings (SSSR count). The molecule has 0 radical (unpaired) electrons. The van der Waals surface area contributed by atoms with Crippen LogP contribution in [0, 0.1) is 5.82 Å². The molecule has 0 saturated carbocycles. The predicted octanol–water partition coefficient (Wildman–Crippen LogP) is 3.34. The number of anilines is 1. The van der Waals surface area contributed by atoms with Crippen LogP contribution in [-0.2, 0) is 17.6 Å². The molecule has 0 spiro atoms. The summed E-state index contributed by atoms with van der Waals surface area (Å²) in [6.07, 6.45) is 2.49. The lowest BCUT2D eigenvalue weighted by Crippen LogP contribution is -2.23. The zero-order valence-electron chi connectivity index (χ0n) is 12.3. The van der Waals surface area contributed by atoms with Crippen LogP contribution in [0.5, 0.6) is 0 Å². The number of amides is 1. The quantitative estimate of drug-likeness (QED) is 0.909. The fourth-order valence-corrected chi connectivity index (χ4v) is 2.90. The third kappa shape index (κ3) is 3.17. The van der Waals surface area contributed by atoms with E-state index in [0.29, 0.717) is 30.5 Å². The zero-order valence-corrected chi connectivity index (χ0v) is 12.3. The van der Waals surface area contributed by atoms with Gasteiger partial charge in [0, 0.05) is 18.2 Å². The standard InChI is InChI=1S/C18H19FN2O/c19-14-10-13-7-9-17(22)21-18(13)15(11-14)16(20)8-6-12-4-2-1-3-5-12/h1-5,10-11,16H,6-9,20H2,(H,21,22). The van der Waals surface area contributed by atoms with Crippen LogP contribution in [0.3, 0.4) is 0 Å². The molecule has 1 aliphatic heterocycles. The van der Waals surface area contributed by atoms with Crippen LogP contribution in [0.1, 0.15) is 35.6 Å². The molecule has 0 bridgehead atoms. The summed E-state index contributed by atoms with van der Waals surface area (Å²) in [4.78, 5) is 11.6. The molecule has 22 heavy (non-hydrogen) atoms. The smallest absolute Gasteiger partial charge is 0.224 e. The Morgan fingerprint density at radius 3 is 2.73 bits per heavy atom. The molecule has 3 N–H and O–H groups in total. The molecule has 1 aliphatic rings. The molecular formula is C18H19FN2O. The van der Waals surface area contributed by atoms with Crippen molar-refractivity contribution in [2.75, 3.05) is 5.32 Å². The molecule has 2 aromatic carbocycles. The first-order valence-corrected chi connectivity index (χ1v) is 7.55. The molecule has 3 nitrogen and oxygen atoms in total. The molecule has 4 heteroatoms. The van der Waals surface area contributed by atoms with Crippen LogP contribution < -0.4 is 11.1 Å². The summed E-state index contributed by atoms with van der Waals surface area (Å²) in [7, 11) is 0. The zero-order chi connectivity index (χ0) is 15.5. The van der Waals surface area contributed by atoms with Crippen molar-refractivity contribution in [2.45, 2.75) is 31.7 Å². The normalized spacial score (nSPS) is 15.1. The molecule has 0 aromatic heterocycles. The summed E-state index contributed by atoms with van der Waals surface area (Å²) in [6.45, 7) is 0. The molecule has 1 amide bonds. The molecule has 0 fully saturated rings. The van der Waals surface area contributed by atoms with Gasteiger partial charge in [0.15, 0.2) is 0 Å². The van der Waals surface area contributed by atoms with Crippen molar-refractivity contribution in [2.24, 2.45) is 5.73 Å². The minimum Gasteiger partial charge on any atom is -0.326 e. The van der Waals surface area contributed by atoms with Crippen molar-refractivity contribution in [1.29, 1.82) is 0 Å². The summed E-state index contributed by atoms with van der Waals surface area (Å²) in [5.41, 5.74) is 9.70. The van der Waals surface area contributed by atoms with Gasteiger partial charge in [-0.15, -0.1) is 0 Å². The Hall–Kier alpha value is -2.20. The van der Waals surface area contributed by atoms with Crippen molar-refractivity contribution >= 4 is 11.6 Å². The largest absolute Gasteiger partial charge is 0.326 e. The van der Waals surface area contributed by atoms with E-state index in [4.69, 9.17) is 5.73 Å². The van der Waals surface area contributed by atoms with E-state index in [1.54, 1.807) is 0 Å². The molecule has 1 heterocycles. The van der Waals surface area contributed by atoms with Crippen LogP contribution in [0.25, 0.3) is 0 Å². The summed E-state index contributed by atoms with van der Waals surface area (Å²) in [5.74, 6) is -0.323. The monoisotopic (exact) mass is 298 g/mol. The summed E-state index contributed by atoms with van der Waals surface area (Å²) in [6, 6.07) is 12.7. The highest BCUT2D eigenvalue weighted by molar-refractivity contribution is 5.95. The highest BCUT2D eigenvalue weighted by atomic mass is 19.1. The first-order valence-electron chi connectivity index (χ1n) is 7.55. The number of carbonyl (C=O) groups is 1. The van der Waals surface area contributed by atoms with E-state index >= 15 is 0 Å². The Bertz CT molecular complexity index is 685. The number of hydrogen-bond donors (Lipinski definition) is 2. The summed E-state index contributed by atoms with van der Waals surface area (Å²) >= 11 is 0. The van der Waals surface area contributed by atoms with Crippen molar-refractivity contribution in [3.63, 3.8) is 0 Å². The summed E-state index contributed by atoms with van der Waals surface area (Å²) in [5, 5.41) is 2.85. The molecular weight excluding hydrogens is 279 g/mol. The summed E-state index contributed by atoms with van der Waals surface area (Å²) < 4.78 is 13.8. The van der Waals surface area contributed by atoms with Gasteiger partial charge in [0.2, 0.25) is 5.91 Å². The SMILES string of the molecule is NC(CCc1ccccc1)c1cc(F)cc2c1NC(=O)CC2. The van der Waals surface area contributed by atoms with Crippen molar-refractivity contribution < 1.29 is 9.18 Å². The van der Waals surface area contributed by atoms with Gasteiger partial charge in [-0.1, -0.05) is 30.3 Å². The number of hydrogen-bond acceptors (Lipinski definition) is 2. The fourth-order valence-electron chi connectivity index (χ4n) is 2.90. The number of rotatable bonds is 4. The van der Waals surface area contributed by atoms with Gasteiger partial charge < -0.3 is 11.1 Å². The molecule has 1 unspecified atom stereocenters. The Morgan fingerprint density at radius 1 is 1.18 bits per heavy atom. The van der Waals surface area contributed by atoms with Crippen molar-refractivity contribution in [1.82, 2.24) is 0 Å². The minimum absolute atomic E-state index is 0.0318. The van der Waals surface area contributed by atoms with E-state index in [0.717, 1.165) is 12.0 Å². The maximum absolute atomic E-state index is 13.8. The lowest BCUT2D eigenvalue weighted by molar-refractivity contribution is -0.116. The second kappa shape index (κ2) is 6.28. The van der Waals surface area contributed by atoms with E-state index in [1.807, 2.05) is 18.2 Å². The third-order valence-electron chi connectivity index (χ3n) is 4.09. The fraction of sp³-hybridized carbons (Fsp3) is 0.278. The molecule has 2 aromatic rings. The van der Waals surface area contributed by atoms with E-state index in [1.165, 1.54) is 17.7 Å². The van der Waals surface area contributed by atoms with Gasteiger partial charge in [0.05, 0.1) is 0 Å². The second-order valence-electron chi connectivity index (χ2n) is 5.71. The predicted molar refractivity (Wildman–Crippen MR) is 85.0 cm³/mol. The number of fused-ring (bicyclic) bond motifs is 1. The van der Waals surface area contributed by atoms with E-state index < -0.39 is 0 Å². The number of halogens is 1. The van der Waals surface area contributed by atoms with Crippen LogP contribution >= 0.6 is 0 Å². The first-order chi connectivity index (χ1) is 10.6. The minimum atomic E-state index is -0.303. The van der Waals surface area contributed by atoms with Crippen molar-refractivity contribution in [3.05, 3.63) is 65.0 Å². The second-order valence-corrected chi connectivity index (χ2v) is 5.71. The van der Waals surface area contributed by atoms with E-state index in [2.05, 4.69) is 17.4 Å². The highest BCUT2D eigenvalue weighted by Gasteiger charge is 2.22. The molecule has 114 valence electrons. The molecule has 0 aliphatic carbocycles. The number of nitrogens with one attached hydrogen (secondary N) is 1. The van der Waals surface area contributed by atoms with Crippen LogP contribution in [0.4, 0.5) is 10.1 Å². The van der Waals surface area contributed by atoms with E-state index in [9.17, 15) is 9.18 Å². The number of aryl methyl sites for hydroxylation is 2. The highest BCUT2D eigenvalue weighted by Crippen LogP contribution is 2.32. The van der Waals surface area contributed by atoms with Gasteiger partial charge in [-0.2, -0.15) is 0 Å². The maximum atomic E-state index is 13.8. The first kappa shape index (κ1) is 14.7. The van der Waals surface area contributed by atoms with Gasteiger partial charge in [-0.3, -0.25) is 4.79 Å². The lowest BCUT2D eigenvalue weighted by atomic mass is 9.92. The van der Waals surface area contributed by atoms with Crippen LogP contribution in [0.2, 0.25) is 0 Å². The van der Waals surface area contributed by atoms with Crippen molar-refractivity contribution in [3.8, 4) is 0 Å². The number of benzene rings is 2. The van der Waals surface area contributed by atoms with Gasteiger partial charge in [-0.05, 0) is 48.1 Å². The molecule has 1 atom stereocenters. The number of carbonyl (C=O) groups excluding carboxylic acids is 1. The van der Waals surface area contributed by atoms with Gasteiger partial charge >= 0.3 is 0 Å². The maximum Gasteiger partial charge on any atom is 0.224 e. The van der Waals surface area contributed by atoms with Gasteiger partial charge in [0.25, 0.3) is 0 Å². The topological polar surface area (TPSA) is 55.1 Å². The van der Waals surface area contributed by atoms with Gasteiger partial charge in [0.1, 0.15) is 5.82 Å². The Balaban J connectivity index is 1.81. The third-order valence-corrected chi connectivity index (χ3v) is 4.09. The number of nitrogens with two attached hydrogens (primary N) is 1. The average Bonchev–Trinajstić information content (AvgIpc) is 2.53. The Morgan fingerprint density at radius 2 is 1.95 bits per heavy atom. The Labute approximate surface area is 129 Å². The molecule has 0 saturated heterocycles. The van der Waals surface area contributed by atoms with Crippen LogP contribution in [-0.4, -0.2) is 5.91 Å². The van der Waals surface area contributed by atoms with Gasteiger partial charge in [-0.25, -0.2) is 4.39 Å². The van der Waals surface area contributed by atoms with Crippen LogP contribution in [0.15, 0.2) is 42.5 Å².